The zero-order valence-electron chi connectivity index (χ0n) is 13.5. The van der Waals surface area contributed by atoms with Gasteiger partial charge < -0.3 is 15.3 Å². The maximum Gasteiger partial charge on any atom is 0.317 e. The van der Waals surface area contributed by atoms with Crippen molar-refractivity contribution in [3.05, 3.63) is 34.9 Å². The molecule has 1 heterocycles. The molecule has 5 heteroatoms. The number of rotatable bonds is 2. The summed E-state index contributed by atoms with van der Waals surface area (Å²) in [6.45, 7) is 3.50. The predicted octanol–water partition coefficient (Wildman–Crippen LogP) is 2.71. The molecule has 1 aliphatic carbocycles. The Morgan fingerprint density at radius 1 is 1.22 bits per heavy atom. The van der Waals surface area contributed by atoms with Crippen molar-refractivity contribution in [2.75, 3.05) is 6.54 Å². The summed E-state index contributed by atoms with van der Waals surface area (Å²) in [5.74, 6) is -0.953. The molecule has 1 saturated carbocycles. The molecule has 1 aliphatic heterocycles. The van der Waals surface area contributed by atoms with E-state index in [1.807, 2.05) is 4.90 Å². The van der Waals surface area contributed by atoms with E-state index in [4.69, 9.17) is 5.11 Å². The highest BCUT2D eigenvalue weighted by molar-refractivity contribution is 5.75. The highest BCUT2D eigenvalue weighted by Gasteiger charge is 2.28. The van der Waals surface area contributed by atoms with Crippen molar-refractivity contribution in [2.24, 2.45) is 5.92 Å². The Hall–Kier alpha value is -2.04. The molecule has 0 atom stereocenters. The zero-order valence-corrected chi connectivity index (χ0v) is 13.5. The van der Waals surface area contributed by atoms with Crippen molar-refractivity contribution in [3.8, 4) is 0 Å². The van der Waals surface area contributed by atoms with Crippen LogP contribution in [0.25, 0.3) is 0 Å². The van der Waals surface area contributed by atoms with Crippen molar-refractivity contribution < 1.29 is 14.7 Å². The molecular weight excluding hydrogens is 292 g/mol. The Balaban J connectivity index is 1.56. The van der Waals surface area contributed by atoms with E-state index < -0.39 is 5.97 Å². The number of benzene rings is 1. The van der Waals surface area contributed by atoms with Crippen molar-refractivity contribution in [3.63, 3.8) is 0 Å². The maximum absolute atomic E-state index is 12.5. The van der Waals surface area contributed by atoms with Gasteiger partial charge in [-0.15, -0.1) is 0 Å². The Morgan fingerprint density at radius 2 is 1.96 bits per heavy atom. The number of fused-ring (bicyclic) bond motifs is 1. The van der Waals surface area contributed by atoms with Gasteiger partial charge in [-0.3, -0.25) is 4.79 Å². The van der Waals surface area contributed by atoms with Gasteiger partial charge in [0, 0.05) is 19.1 Å². The minimum Gasteiger partial charge on any atom is -0.481 e. The molecule has 5 nitrogen and oxygen atoms in total. The van der Waals surface area contributed by atoms with Gasteiger partial charge in [0.15, 0.2) is 0 Å². The van der Waals surface area contributed by atoms with Gasteiger partial charge in [0.1, 0.15) is 0 Å². The number of aliphatic carboxylic acids is 1. The quantitative estimate of drug-likeness (QED) is 0.881. The zero-order chi connectivity index (χ0) is 16.4. The predicted molar refractivity (Wildman–Crippen MR) is 87.2 cm³/mol. The molecule has 2 amide bonds. The smallest absolute Gasteiger partial charge is 0.317 e. The normalized spacial score (nSPS) is 24.0. The standard InChI is InChI=1S/C18H24N2O3/c1-12-3-2-4-13-9-10-20(11-16(12)13)18(23)19-15-7-5-14(6-8-15)17(21)22/h2-4,14-15H,5-11H2,1H3,(H,19,23)(H,21,22). The van der Waals surface area contributed by atoms with Crippen LogP contribution in [0.4, 0.5) is 4.79 Å². The summed E-state index contributed by atoms with van der Waals surface area (Å²) in [5.41, 5.74) is 3.85. The number of carbonyl (C=O) groups excluding carboxylic acids is 1. The second-order valence-corrected chi connectivity index (χ2v) is 6.72. The van der Waals surface area contributed by atoms with Gasteiger partial charge in [-0.2, -0.15) is 0 Å². The minimum atomic E-state index is -0.710. The van der Waals surface area contributed by atoms with E-state index in [-0.39, 0.29) is 18.0 Å². The summed E-state index contributed by atoms with van der Waals surface area (Å²) < 4.78 is 0. The lowest BCUT2D eigenvalue weighted by Crippen LogP contribution is -2.48. The van der Waals surface area contributed by atoms with Crippen LogP contribution in [0.3, 0.4) is 0 Å². The maximum atomic E-state index is 12.5. The summed E-state index contributed by atoms with van der Waals surface area (Å²) in [5, 5.41) is 12.1. The van der Waals surface area contributed by atoms with Crippen LogP contribution >= 0.6 is 0 Å². The second kappa shape index (κ2) is 6.60. The fraction of sp³-hybridized carbons (Fsp3) is 0.556. The number of hydrogen-bond donors (Lipinski definition) is 2. The van der Waals surface area contributed by atoms with E-state index in [0.29, 0.717) is 19.4 Å². The Bertz CT molecular complexity index is 606. The Labute approximate surface area is 136 Å². The molecule has 0 radical (unpaired) electrons. The van der Waals surface area contributed by atoms with Crippen molar-refractivity contribution in [1.82, 2.24) is 10.2 Å². The van der Waals surface area contributed by atoms with E-state index in [2.05, 4.69) is 30.4 Å². The van der Waals surface area contributed by atoms with Crippen LogP contribution in [0.5, 0.6) is 0 Å². The van der Waals surface area contributed by atoms with Crippen molar-refractivity contribution >= 4 is 12.0 Å². The first-order valence-corrected chi connectivity index (χ1v) is 8.40. The Morgan fingerprint density at radius 3 is 2.65 bits per heavy atom. The first kappa shape index (κ1) is 15.8. The van der Waals surface area contributed by atoms with Crippen LogP contribution in [0.2, 0.25) is 0 Å². The second-order valence-electron chi connectivity index (χ2n) is 6.72. The highest BCUT2D eigenvalue weighted by Crippen LogP contribution is 2.26. The molecule has 0 spiro atoms. The molecule has 2 aliphatic rings. The molecule has 1 fully saturated rings. The molecular formula is C18H24N2O3. The van der Waals surface area contributed by atoms with E-state index >= 15 is 0 Å². The topological polar surface area (TPSA) is 69.6 Å². The summed E-state index contributed by atoms with van der Waals surface area (Å²) in [7, 11) is 0. The number of nitrogens with one attached hydrogen (secondary N) is 1. The number of amides is 2. The highest BCUT2D eigenvalue weighted by atomic mass is 16.4. The number of carbonyl (C=O) groups is 2. The summed E-state index contributed by atoms with van der Waals surface area (Å²) in [6, 6.07) is 6.40. The third-order valence-electron chi connectivity index (χ3n) is 5.20. The summed E-state index contributed by atoms with van der Waals surface area (Å²) in [4.78, 5) is 25.4. The number of carboxylic acid groups (broad SMARTS) is 1. The van der Waals surface area contributed by atoms with Gasteiger partial charge in [0.25, 0.3) is 0 Å². The average molecular weight is 316 g/mol. The number of carboxylic acids is 1. The first-order valence-electron chi connectivity index (χ1n) is 8.40. The largest absolute Gasteiger partial charge is 0.481 e. The number of nitrogens with zero attached hydrogens (tertiary/aromatic N) is 1. The SMILES string of the molecule is Cc1cccc2c1CN(C(=O)NC1CCC(C(=O)O)CC1)CC2. The first-order chi connectivity index (χ1) is 11.0. The van der Waals surface area contributed by atoms with Crippen molar-refractivity contribution in [1.29, 1.82) is 0 Å². The lowest BCUT2D eigenvalue weighted by molar-refractivity contribution is -0.142. The van der Waals surface area contributed by atoms with E-state index in [1.165, 1.54) is 16.7 Å². The molecule has 1 aromatic carbocycles. The van der Waals surface area contributed by atoms with E-state index in [9.17, 15) is 9.59 Å². The molecule has 0 unspecified atom stereocenters. The van der Waals surface area contributed by atoms with E-state index in [1.54, 1.807) is 0 Å². The third kappa shape index (κ3) is 3.49. The third-order valence-corrected chi connectivity index (χ3v) is 5.20. The Kier molecular flexibility index (Phi) is 4.55. The molecule has 0 aromatic heterocycles. The molecule has 124 valence electrons. The number of urea groups is 1. The van der Waals surface area contributed by atoms with Gasteiger partial charge in [-0.1, -0.05) is 18.2 Å². The number of aryl methyl sites for hydroxylation is 1. The molecule has 3 rings (SSSR count). The molecule has 2 N–H and O–H groups in total. The average Bonchev–Trinajstić information content (AvgIpc) is 2.55. The monoisotopic (exact) mass is 316 g/mol. The van der Waals surface area contributed by atoms with E-state index in [0.717, 1.165) is 25.8 Å². The van der Waals surface area contributed by atoms with Crippen LogP contribution in [0.1, 0.15) is 42.4 Å². The van der Waals surface area contributed by atoms with Crippen LogP contribution < -0.4 is 5.32 Å². The fourth-order valence-electron chi connectivity index (χ4n) is 3.67. The van der Waals surface area contributed by atoms with Crippen LogP contribution in [0.15, 0.2) is 18.2 Å². The molecule has 23 heavy (non-hydrogen) atoms. The lowest BCUT2D eigenvalue weighted by Gasteiger charge is -2.33. The van der Waals surface area contributed by atoms with Gasteiger partial charge in [0.05, 0.1) is 5.92 Å². The minimum absolute atomic E-state index is 0.0160. The van der Waals surface area contributed by atoms with Crippen LogP contribution in [-0.2, 0) is 17.8 Å². The van der Waals surface area contributed by atoms with Gasteiger partial charge in [0.2, 0.25) is 0 Å². The van der Waals surface area contributed by atoms with Gasteiger partial charge in [-0.25, -0.2) is 4.79 Å². The van der Waals surface area contributed by atoms with Crippen molar-refractivity contribution in [2.45, 2.75) is 51.6 Å². The van der Waals surface area contributed by atoms with Gasteiger partial charge in [-0.05, 0) is 55.7 Å². The fourth-order valence-corrected chi connectivity index (χ4v) is 3.67. The number of hydrogen-bond acceptors (Lipinski definition) is 2. The lowest BCUT2D eigenvalue weighted by atomic mass is 9.86. The summed E-state index contributed by atoms with van der Waals surface area (Å²) in [6.07, 6.45) is 3.72. The molecule has 0 bridgehead atoms. The van der Waals surface area contributed by atoms with Crippen LogP contribution in [-0.4, -0.2) is 34.6 Å². The molecule has 1 aromatic rings. The summed E-state index contributed by atoms with van der Waals surface area (Å²) >= 11 is 0. The molecule has 0 saturated heterocycles. The van der Waals surface area contributed by atoms with Crippen LogP contribution in [0, 0.1) is 12.8 Å². The van der Waals surface area contributed by atoms with Gasteiger partial charge >= 0.3 is 12.0 Å².